The number of thioether (sulfide) groups is 1. The van der Waals surface area contributed by atoms with Crippen LogP contribution in [-0.4, -0.2) is 46.9 Å². The average molecular weight is 445 g/mol. The smallest absolute Gasteiger partial charge is 0.315 e. The number of para-hydroxylation sites is 1. The number of rotatable bonds is 7. The van der Waals surface area contributed by atoms with E-state index in [2.05, 4.69) is 13.8 Å². The summed E-state index contributed by atoms with van der Waals surface area (Å²) >= 11 is 1.45. The van der Waals surface area contributed by atoms with Gasteiger partial charge in [-0.25, -0.2) is 10.0 Å². The van der Waals surface area contributed by atoms with Gasteiger partial charge in [0.1, 0.15) is 0 Å². The maximum absolute atomic E-state index is 14.0. The number of fused-ring (bicyclic) bond motifs is 1. The van der Waals surface area contributed by atoms with E-state index >= 15 is 0 Å². The summed E-state index contributed by atoms with van der Waals surface area (Å²) in [6.45, 7) is 6.44. The van der Waals surface area contributed by atoms with Crippen molar-refractivity contribution in [2.24, 2.45) is 16.7 Å². The number of hydrogen-bond acceptors (Lipinski definition) is 5. The van der Waals surface area contributed by atoms with Crippen LogP contribution in [0.15, 0.2) is 30.3 Å². The molecule has 4 atom stereocenters. The summed E-state index contributed by atoms with van der Waals surface area (Å²) in [5.41, 5.74) is 0.115. The highest BCUT2D eigenvalue weighted by Gasteiger charge is 2.75. The van der Waals surface area contributed by atoms with Gasteiger partial charge in [0.2, 0.25) is 5.91 Å². The number of hydrogen-bond donors (Lipinski definition) is 0. The molecule has 2 bridgehead atoms. The predicted molar refractivity (Wildman–Crippen MR) is 121 cm³/mol. The molecule has 1 saturated heterocycles. The van der Waals surface area contributed by atoms with Crippen LogP contribution in [0.1, 0.15) is 52.9 Å². The number of methoxy groups -OCH3 is 1. The molecule has 1 heterocycles. The highest BCUT2D eigenvalue weighted by atomic mass is 32.2. The Labute approximate surface area is 188 Å². The summed E-state index contributed by atoms with van der Waals surface area (Å²) in [5, 5.41) is 3.44. The second-order valence-electron chi connectivity index (χ2n) is 9.49. The van der Waals surface area contributed by atoms with Gasteiger partial charge in [-0.05, 0) is 49.1 Å². The lowest BCUT2D eigenvalue weighted by molar-refractivity contribution is -0.137. The zero-order valence-corrected chi connectivity index (χ0v) is 19.6. The molecule has 1 spiro atoms. The molecule has 7 heteroatoms. The van der Waals surface area contributed by atoms with Gasteiger partial charge in [-0.3, -0.25) is 14.4 Å². The number of benzene rings is 1. The van der Waals surface area contributed by atoms with Crippen molar-refractivity contribution in [2.45, 2.75) is 64.2 Å². The van der Waals surface area contributed by atoms with E-state index in [4.69, 9.17) is 4.74 Å². The average Bonchev–Trinajstić information content (AvgIpc) is 3.29. The fourth-order valence-corrected chi connectivity index (χ4v) is 7.12. The van der Waals surface area contributed by atoms with Crippen LogP contribution in [0.2, 0.25) is 0 Å². The molecule has 0 radical (unpaired) electrons. The normalized spacial score (nSPS) is 29.2. The van der Waals surface area contributed by atoms with Crippen LogP contribution in [0.25, 0.3) is 0 Å². The first-order valence-electron chi connectivity index (χ1n) is 11.2. The van der Waals surface area contributed by atoms with Crippen molar-refractivity contribution in [1.82, 2.24) is 5.01 Å². The minimum atomic E-state index is -0.510. The molecule has 0 unspecified atom stereocenters. The maximum atomic E-state index is 14.0. The molecule has 1 aromatic carbocycles. The Bertz CT molecular complexity index is 874. The zero-order valence-electron chi connectivity index (χ0n) is 18.8. The van der Waals surface area contributed by atoms with Crippen molar-refractivity contribution in [3.63, 3.8) is 0 Å². The van der Waals surface area contributed by atoms with Crippen LogP contribution < -0.4 is 5.01 Å². The Morgan fingerprint density at radius 3 is 2.58 bits per heavy atom. The van der Waals surface area contributed by atoms with Gasteiger partial charge in [0.15, 0.2) is 0 Å². The first kappa shape index (κ1) is 22.2. The fourth-order valence-electron chi connectivity index (χ4n) is 6.14. The number of carbonyl (C=O) groups excluding carboxylic acids is 3. The third kappa shape index (κ3) is 3.27. The largest absolute Gasteiger partial charge is 0.468 e. The molecule has 0 N–H and O–H groups in total. The van der Waals surface area contributed by atoms with Gasteiger partial charge >= 0.3 is 5.97 Å². The minimum Gasteiger partial charge on any atom is -0.468 e. The van der Waals surface area contributed by atoms with Crippen LogP contribution in [-0.2, 0) is 19.1 Å². The fraction of sp³-hybridized carbons (Fsp3) is 0.625. The van der Waals surface area contributed by atoms with Crippen molar-refractivity contribution >= 4 is 35.2 Å². The quantitative estimate of drug-likeness (QED) is 0.594. The molecular weight excluding hydrogens is 412 g/mol. The van der Waals surface area contributed by atoms with Crippen LogP contribution >= 0.6 is 11.8 Å². The number of esters is 1. The second kappa shape index (κ2) is 8.15. The standard InChI is InChI=1S/C24H32N2O4S/c1-5-18(31-15-21(28)30-4)14-20(27)26-19-13-16-11-12-24(19,23(16,2)3)22(29)25(26)17-9-7-6-8-10-17/h6-10,16,18-19H,5,11-15H2,1-4H3/t16-,18+,19-,24+/m1/s1. The third-order valence-electron chi connectivity index (χ3n) is 8.00. The maximum Gasteiger partial charge on any atom is 0.315 e. The van der Waals surface area contributed by atoms with Crippen LogP contribution in [0.3, 0.4) is 0 Å². The number of anilines is 1. The lowest BCUT2D eigenvalue weighted by Gasteiger charge is -2.35. The summed E-state index contributed by atoms with van der Waals surface area (Å²) in [5.74, 6) is 0.438. The van der Waals surface area contributed by atoms with Crippen LogP contribution in [0.4, 0.5) is 5.69 Å². The van der Waals surface area contributed by atoms with Gasteiger partial charge in [0, 0.05) is 11.7 Å². The van der Waals surface area contributed by atoms with Gasteiger partial charge in [-0.2, -0.15) is 0 Å². The first-order valence-corrected chi connectivity index (χ1v) is 12.2. The summed E-state index contributed by atoms with van der Waals surface area (Å²) in [7, 11) is 1.37. The van der Waals surface area contributed by atoms with E-state index in [-0.39, 0.29) is 40.2 Å². The van der Waals surface area contributed by atoms with Crippen LogP contribution in [0.5, 0.6) is 0 Å². The second-order valence-corrected chi connectivity index (χ2v) is 10.8. The van der Waals surface area contributed by atoms with E-state index < -0.39 is 5.41 Å². The summed E-state index contributed by atoms with van der Waals surface area (Å²) < 4.78 is 4.74. The van der Waals surface area contributed by atoms with E-state index in [0.29, 0.717) is 12.3 Å². The van der Waals surface area contributed by atoms with E-state index in [0.717, 1.165) is 31.4 Å². The molecule has 31 heavy (non-hydrogen) atoms. The molecular formula is C24H32N2O4S. The molecule has 3 aliphatic rings. The molecule has 168 valence electrons. The molecule has 6 nitrogen and oxygen atoms in total. The van der Waals surface area contributed by atoms with Gasteiger partial charge in [-0.1, -0.05) is 39.0 Å². The summed E-state index contributed by atoms with van der Waals surface area (Å²) in [6, 6.07) is 9.43. The third-order valence-corrected chi connectivity index (χ3v) is 9.37. The topological polar surface area (TPSA) is 66.9 Å². The van der Waals surface area contributed by atoms with Crippen molar-refractivity contribution in [1.29, 1.82) is 0 Å². The molecule has 0 aromatic heterocycles. The van der Waals surface area contributed by atoms with Crippen molar-refractivity contribution in [3.8, 4) is 0 Å². The molecule has 1 aliphatic heterocycles. The van der Waals surface area contributed by atoms with Gasteiger partial charge in [0.05, 0.1) is 30.0 Å². The van der Waals surface area contributed by atoms with E-state index in [1.165, 1.54) is 18.9 Å². The molecule has 1 aromatic rings. The lowest BCUT2D eigenvalue weighted by atomic mass is 9.67. The van der Waals surface area contributed by atoms with E-state index in [1.54, 1.807) is 10.0 Å². The Morgan fingerprint density at radius 1 is 1.26 bits per heavy atom. The lowest BCUT2D eigenvalue weighted by Crippen LogP contribution is -2.48. The Kier molecular flexibility index (Phi) is 5.83. The molecule has 4 rings (SSSR count). The zero-order chi connectivity index (χ0) is 22.4. The van der Waals surface area contributed by atoms with E-state index in [9.17, 15) is 14.4 Å². The SMILES string of the molecule is CC[C@@H](CC(=O)N1[C@@H]2C[C@H]3CC[C@]2(C(=O)N1c1ccccc1)C3(C)C)SCC(=O)OC. The minimum absolute atomic E-state index is 0.00229. The number of amides is 2. The van der Waals surface area contributed by atoms with Crippen LogP contribution in [0, 0.1) is 16.7 Å². The number of carbonyl (C=O) groups is 3. The van der Waals surface area contributed by atoms with Gasteiger partial charge < -0.3 is 4.74 Å². The predicted octanol–water partition coefficient (Wildman–Crippen LogP) is 4.05. The summed E-state index contributed by atoms with van der Waals surface area (Å²) in [4.78, 5) is 39.2. The Hall–Kier alpha value is -2.02. The van der Waals surface area contributed by atoms with Crippen molar-refractivity contribution < 1.29 is 19.1 Å². The highest BCUT2D eigenvalue weighted by molar-refractivity contribution is 8.00. The molecule has 2 saturated carbocycles. The number of nitrogens with zero attached hydrogens (tertiary/aromatic N) is 2. The number of ether oxygens (including phenoxy) is 1. The van der Waals surface area contributed by atoms with Gasteiger partial charge in [-0.15, -0.1) is 11.8 Å². The monoisotopic (exact) mass is 444 g/mol. The van der Waals surface area contributed by atoms with Crippen molar-refractivity contribution in [3.05, 3.63) is 30.3 Å². The van der Waals surface area contributed by atoms with Gasteiger partial charge in [0.25, 0.3) is 5.91 Å². The Balaban J connectivity index is 1.65. The van der Waals surface area contributed by atoms with E-state index in [1.807, 2.05) is 37.3 Å². The van der Waals surface area contributed by atoms with Crippen molar-refractivity contribution in [2.75, 3.05) is 17.9 Å². The summed E-state index contributed by atoms with van der Waals surface area (Å²) in [6.07, 6.45) is 3.83. The molecule has 2 amide bonds. The first-order chi connectivity index (χ1) is 14.8. The Morgan fingerprint density at radius 2 is 1.97 bits per heavy atom. The number of hydrazine groups is 1. The molecule has 3 fully saturated rings. The molecule has 2 aliphatic carbocycles. The highest BCUT2D eigenvalue weighted by Crippen LogP contribution is 2.70.